The molecule has 0 aliphatic heterocycles. The van der Waals surface area contributed by atoms with Gasteiger partial charge in [-0.1, -0.05) is 35.6 Å². The molecule has 2 rings (SSSR count). The van der Waals surface area contributed by atoms with Crippen LogP contribution in [0.4, 0.5) is 0 Å². The van der Waals surface area contributed by atoms with Crippen LogP contribution in [0.3, 0.4) is 0 Å². The largest absolute Gasteiger partial charge is 0.496 e. The Bertz CT molecular complexity index is 672. The van der Waals surface area contributed by atoms with Crippen molar-refractivity contribution < 1.29 is 9.47 Å². The van der Waals surface area contributed by atoms with Crippen molar-refractivity contribution in [3.05, 3.63) is 58.6 Å². The number of halogens is 2. The summed E-state index contributed by atoms with van der Waals surface area (Å²) < 4.78 is 11.1. The fourth-order valence-electron chi connectivity index (χ4n) is 1.84. The van der Waals surface area contributed by atoms with E-state index in [2.05, 4.69) is 11.8 Å². The van der Waals surface area contributed by atoms with E-state index in [0.29, 0.717) is 17.4 Å². The van der Waals surface area contributed by atoms with Crippen molar-refractivity contribution >= 4 is 23.2 Å². The van der Waals surface area contributed by atoms with Crippen molar-refractivity contribution in [1.29, 1.82) is 0 Å². The molecule has 0 amide bonds. The van der Waals surface area contributed by atoms with E-state index in [1.807, 2.05) is 36.4 Å². The monoisotopic (exact) mass is 320 g/mol. The molecule has 0 aliphatic carbocycles. The molecule has 0 heterocycles. The van der Waals surface area contributed by atoms with Crippen LogP contribution in [0.25, 0.3) is 0 Å². The molecule has 21 heavy (non-hydrogen) atoms. The molecule has 0 radical (unpaired) electrons. The average Bonchev–Trinajstić information content (AvgIpc) is 2.52. The second-order valence-electron chi connectivity index (χ2n) is 4.18. The van der Waals surface area contributed by atoms with E-state index in [0.717, 1.165) is 16.9 Å². The third kappa shape index (κ3) is 4.32. The topological polar surface area (TPSA) is 18.5 Å². The molecule has 0 aliphatic rings. The molecular weight excluding hydrogens is 307 g/mol. The van der Waals surface area contributed by atoms with Gasteiger partial charge in [0.05, 0.1) is 18.6 Å². The lowest BCUT2D eigenvalue weighted by Crippen LogP contribution is -2.00. The number of alkyl halides is 1. The van der Waals surface area contributed by atoms with Gasteiger partial charge >= 0.3 is 0 Å². The van der Waals surface area contributed by atoms with E-state index < -0.39 is 0 Å². The zero-order valence-corrected chi connectivity index (χ0v) is 13.0. The smallest absolute Gasteiger partial charge is 0.135 e. The van der Waals surface area contributed by atoms with Gasteiger partial charge in [0, 0.05) is 10.6 Å². The Balaban J connectivity index is 2.19. The predicted octanol–water partition coefficient (Wildman–Crippen LogP) is 4.52. The lowest BCUT2D eigenvalue weighted by atomic mass is 10.2. The Labute approximate surface area is 134 Å². The molecule has 2 aromatic carbocycles. The van der Waals surface area contributed by atoms with Crippen LogP contribution < -0.4 is 9.47 Å². The summed E-state index contributed by atoms with van der Waals surface area (Å²) in [4.78, 5) is 0. The fourth-order valence-corrected chi connectivity index (χ4v) is 2.10. The molecule has 2 aromatic rings. The van der Waals surface area contributed by atoms with Gasteiger partial charge in [0.2, 0.25) is 0 Å². The highest BCUT2D eigenvalue weighted by Gasteiger charge is 2.06. The maximum absolute atomic E-state index is 6.01. The molecule has 0 bridgehead atoms. The van der Waals surface area contributed by atoms with Gasteiger partial charge in [-0.05, 0) is 30.3 Å². The third-order valence-electron chi connectivity index (χ3n) is 2.80. The maximum atomic E-state index is 6.01. The van der Waals surface area contributed by atoms with Crippen LogP contribution >= 0.6 is 23.2 Å². The van der Waals surface area contributed by atoms with Gasteiger partial charge in [-0.2, -0.15) is 0 Å². The van der Waals surface area contributed by atoms with Crippen LogP contribution in [-0.4, -0.2) is 13.0 Å². The van der Waals surface area contributed by atoms with E-state index >= 15 is 0 Å². The minimum Gasteiger partial charge on any atom is -0.496 e. The zero-order valence-electron chi connectivity index (χ0n) is 11.5. The van der Waals surface area contributed by atoms with E-state index in [1.54, 1.807) is 13.2 Å². The van der Waals surface area contributed by atoms with Crippen molar-refractivity contribution in [3.8, 4) is 23.3 Å². The lowest BCUT2D eigenvalue weighted by Gasteiger charge is -2.11. The molecule has 0 unspecified atom stereocenters. The van der Waals surface area contributed by atoms with E-state index in [-0.39, 0.29) is 5.88 Å². The second kappa shape index (κ2) is 7.83. The Morgan fingerprint density at radius 3 is 2.67 bits per heavy atom. The van der Waals surface area contributed by atoms with Crippen molar-refractivity contribution in [2.75, 3.05) is 13.0 Å². The van der Waals surface area contributed by atoms with Gasteiger partial charge in [-0.25, -0.2) is 0 Å². The van der Waals surface area contributed by atoms with E-state index in [4.69, 9.17) is 32.7 Å². The first-order valence-electron chi connectivity index (χ1n) is 6.33. The molecule has 0 saturated heterocycles. The molecule has 0 spiro atoms. The van der Waals surface area contributed by atoms with Gasteiger partial charge in [0.1, 0.15) is 18.1 Å². The summed E-state index contributed by atoms with van der Waals surface area (Å²) in [6.45, 7) is 0.350. The summed E-state index contributed by atoms with van der Waals surface area (Å²) in [5, 5.41) is 0.643. The van der Waals surface area contributed by atoms with Crippen molar-refractivity contribution in [1.82, 2.24) is 0 Å². The average molecular weight is 321 g/mol. The minimum absolute atomic E-state index is 0.288. The van der Waals surface area contributed by atoms with Crippen molar-refractivity contribution in [3.63, 3.8) is 0 Å². The van der Waals surface area contributed by atoms with Gasteiger partial charge in [-0.15, -0.1) is 11.6 Å². The number of benzene rings is 2. The molecule has 0 atom stereocenters. The Morgan fingerprint density at radius 1 is 1.10 bits per heavy atom. The summed E-state index contributed by atoms with van der Waals surface area (Å²) in [5.74, 6) is 7.53. The first-order valence-corrected chi connectivity index (χ1v) is 7.25. The summed E-state index contributed by atoms with van der Waals surface area (Å²) in [6.07, 6.45) is 0. The Kier molecular flexibility index (Phi) is 5.80. The molecular formula is C17H14Cl2O2. The molecule has 0 saturated carbocycles. The van der Waals surface area contributed by atoms with Crippen LogP contribution in [0.1, 0.15) is 11.1 Å². The van der Waals surface area contributed by atoms with Gasteiger partial charge in [0.25, 0.3) is 0 Å². The fraction of sp³-hybridized carbons (Fsp3) is 0.176. The molecule has 108 valence electrons. The standard InChI is InChI=1S/C17H14Cl2O2/c1-20-16-9-8-15(19)11-14(16)12-21-17-7-3-2-5-13(17)6-4-10-18/h2-3,5,7-9,11H,10,12H2,1H3. The third-order valence-corrected chi connectivity index (χ3v) is 3.17. The number of methoxy groups -OCH3 is 1. The molecule has 4 heteroatoms. The minimum atomic E-state index is 0.288. The summed E-state index contributed by atoms with van der Waals surface area (Å²) in [5.41, 5.74) is 1.68. The van der Waals surface area contributed by atoms with Crippen molar-refractivity contribution in [2.24, 2.45) is 0 Å². The first-order chi connectivity index (χ1) is 10.2. The van der Waals surface area contributed by atoms with E-state index in [1.165, 1.54) is 0 Å². The van der Waals surface area contributed by atoms with Crippen LogP contribution in [0.15, 0.2) is 42.5 Å². The Hall–Kier alpha value is -1.82. The summed E-state index contributed by atoms with van der Waals surface area (Å²) in [7, 11) is 1.62. The van der Waals surface area contributed by atoms with E-state index in [9.17, 15) is 0 Å². The summed E-state index contributed by atoms with van der Waals surface area (Å²) in [6, 6.07) is 13.0. The van der Waals surface area contributed by atoms with Gasteiger partial charge < -0.3 is 9.47 Å². The van der Waals surface area contributed by atoms with Crippen LogP contribution in [-0.2, 0) is 6.61 Å². The maximum Gasteiger partial charge on any atom is 0.135 e. The zero-order chi connectivity index (χ0) is 15.1. The van der Waals surface area contributed by atoms with Gasteiger partial charge in [0.15, 0.2) is 0 Å². The van der Waals surface area contributed by atoms with Gasteiger partial charge in [-0.3, -0.25) is 0 Å². The highest BCUT2D eigenvalue weighted by atomic mass is 35.5. The Morgan fingerprint density at radius 2 is 1.90 bits per heavy atom. The SMILES string of the molecule is COc1ccc(Cl)cc1COc1ccccc1C#CCCl. The highest BCUT2D eigenvalue weighted by Crippen LogP contribution is 2.25. The molecule has 0 N–H and O–H groups in total. The van der Waals surface area contributed by atoms with Crippen molar-refractivity contribution in [2.45, 2.75) is 6.61 Å². The predicted molar refractivity (Wildman–Crippen MR) is 86.4 cm³/mol. The molecule has 0 aromatic heterocycles. The number of hydrogen-bond acceptors (Lipinski definition) is 2. The quantitative estimate of drug-likeness (QED) is 0.609. The lowest BCUT2D eigenvalue weighted by molar-refractivity contribution is 0.296. The first kappa shape index (κ1) is 15.6. The van der Waals surface area contributed by atoms with Crippen LogP contribution in [0, 0.1) is 11.8 Å². The van der Waals surface area contributed by atoms with Crippen LogP contribution in [0.5, 0.6) is 11.5 Å². The number of ether oxygens (including phenoxy) is 2. The molecule has 2 nitrogen and oxygen atoms in total. The number of rotatable bonds is 4. The summed E-state index contributed by atoms with van der Waals surface area (Å²) >= 11 is 11.6. The van der Waals surface area contributed by atoms with Crippen LogP contribution in [0.2, 0.25) is 5.02 Å². The molecule has 0 fully saturated rings. The second-order valence-corrected chi connectivity index (χ2v) is 4.88. The normalized spacial score (nSPS) is 9.67. The number of hydrogen-bond donors (Lipinski definition) is 0. The highest BCUT2D eigenvalue weighted by molar-refractivity contribution is 6.30. The number of para-hydroxylation sites is 1.